The van der Waals surface area contributed by atoms with Crippen molar-refractivity contribution in [2.24, 2.45) is 0 Å². The highest BCUT2D eigenvalue weighted by molar-refractivity contribution is 6.02. The number of amides is 1. The second kappa shape index (κ2) is 7.91. The minimum absolute atomic E-state index is 0.0834. The lowest BCUT2D eigenvalue weighted by atomic mass is 10.2. The summed E-state index contributed by atoms with van der Waals surface area (Å²) in [4.78, 5) is 46.2. The van der Waals surface area contributed by atoms with Gasteiger partial charge in [-0.15, -0.1) is 0 Å². The molecule has 0 atom stereocenters. The zero-order valence-corrected chi connectivity index (χ0v) is 15.9. The number of nitro groups is 2. The smallest absolute Gasteiger partial charge is 0.294 e. The molecule has 1 heterocycles. The molecule has 1 amide bonds. The summed E-state index contributed by atoms with van der Waals surface area (Å²) in [5.74, 6) is -0.898. The highest BCUT2D eigenvalue weighted by atomic mass is 16.6. The van der Waals surface area contributed by atoms with E-state index in [0.717, 1.165) is 10.7 Å². The normalized spacial score (nSPS) is 10.5. The molecule has 2 aromatic carbocycles. The number of benzene rings is 2. The minimum Gasteiger partial charge on any atom is -0.320 e. The number of para-hydroxylation sites is 2. The topological polar surface area (TPSA) is 150 Å². The molecule has 30 heavy (non-hydrogen) atoms. The Balaban J connectivity index is 2.04. The fourth-order valence-corrected chi connectivity index (χ4v) is 2.82. The van der Waals surface area contributed by atoms with Gasteiger partial charge in [-0.25, -0.2) is 4.68 Å². The number of nitrogens with one attached hydrogen (secondary N) is 1. The van der Waals surface area contributed by atoms with Gasteiger partial charge < -0.3 is 5.32 Å². The molecule has 0 unspecified atom stereocenters. The zero-order valence-electron chi connectivity index (χ0n) is 15.9. The second-order valence-electron chi connectivity index (χ2n) is 6.37. The van der Waals surface area contributed by atoms with E-state index in [1.165, 1.54) is 43.3 Å². The van der Waals surface area contributed by atoms with Crippen molar-refractivity contribution in [1.29, 1.82) is 0 Å². The number of rotatable bonds is 5. The molecule has 0 saturated carbocycles. The number of aromatic nitrogens is 2. The average Bonchev–Trinajstić information content (AvgIpc) is 2.69. The van der Waals surface area contributed by atoms with E-state index in [1.54, 1.807) is 13.0 Å². The van der Waals surface area contributed by atoms with Gasteiger partial charge in [0.15, 0.2) is 5.69 Å². The second-order valence-corrected chi connectivity index (χ2v) is 6.37. The predicted octanol–water partition coefficient (Wildman–Crippen LogP) is 2.92. The van der Waals surface area contributed by atoms with Crippen molar-refractivity contribution in [1.82, 2.24) is 9.78 Å². The van der Waals surface area contributed by atoms with Gasteiger partial charge >= 0.3 is 0 Å². The first kappa shape index (κ1) is 20.3. The molecule has 3 rings (SSSR count). The van der Waals surface area contributed by atoms with Crippen LogP contribution < -0.4 is 10.7 Å². The number of hydrogen-bond donors (Lipinski definition) is 1. The van der Waals surface area contributed by atoms with Crippen LogP contribution in [0.2, 0.25) is 0 Å². The molecule has 0 aliphatic carbocycles. The Hall–Kier alpha value is -4.41. The van der Waals surface area contributed by atoms with Gasteiger partial charge in [-0.1, -0.05) is 18.2 Å². The third kappa shape index (κ3) is 3.90. The molecule has 3 aromatic rings. The zero-order chi connectivity index (χ0) is 22.0. The lowest BCUT2D eigenvalue weighted by molar-refractivity contribution is -0.385. The maximum Gasteiger partial charge on any atom is 0.294 e. The number of nitrogens with zero attached hydrogens (tertiary/aromatic N) is 4. The van der Waals surface area contributed by atoms with Crippen LogP contribution in [-0.2, 0) is 0 Å². The summed E-state index contributed by atoms with van der Waals surface area (Å²) in [6, 6.07) is 11.0. The van der Waals surface area contributed by atoms with Gasteiger partial charge in [-0.3, -0.25) is 29.8 Å². The van der Waals surface area contributed by atoms with Crippen molar-refractivity contribution in [3.63, 3.8) is 0 Å². The Morgan fingerprint density at radius 1 is 1.00 bits per heavy atom. The SMILES string of the molecule is Cc1ccc(NC(=O)c2nn(-c3ccccc3[N+](=O)[O-])c(C)cc2=O)cc1[N+](=O)[O-]. The van der Waals surface area contributed by atoms with E-state index >= 15 is 0 Å². The molecule has 11 nitrogen and oxygen atoms in total. The lowest BCUT2D eigenvalue weighted by Crippen LogP contribution is -2.27. The van der Waals surface area contributed by atoms with Gasteiger partial charge in [0.2, 0.25) is 5.43 Å². The summed E-state index contributed by atoms with van der Waals surface area (Å²) in [6.07, 6.45) is 0. The first-order valence-corrected chi connectivity index (χ1v) is 8.60. The average molecular weight is 409 g/mol. The van der Waals surface area contributed by atoms with Crippen LogP contribution in [0.25, 0.3) is 5.69 Å². The summed E-state index contributed by atoms with van der Waals surface area (Å²) < 4.78 is 1.13. The molecule has 11 heteroatoms. The van der Waals surface area contributed by atoms with Crippen molar-refractivity contribution >= 4 is 23.0 Å². The third-order valence-electron chi connectivity index (χ3n) is 4.29. The first-order valence-electron chi connectivity index (χ1n) is 8.60. The van der Waals surface area contributed by atoms with Gasteiger partial charge in [0, 0.05) is 35.1 Å². The molecule has 1 aromatic heterocycles. The number of anilines is 1. The maximum absolute atomic E-state index is 12.6. The Morgan fingerprint density at radius 2 is 1.67 bits per heavy atom. The molecule has 1 N–H and O–H groups in total. The maximum atomic E-state index is 12.6. The number of aryl methyl sites for hydroxylation is 2. The highest BCUT2D eigenvalue weighted by Gasteiger charge is 2.21. The van der Waals surface area contributed by atoms with Gasteiger partial charge in [-0.2, -0.15) is 5.10 Å². The van der Waals surface area contributed by atoms with E-state index in [4.69, 9.17) is 0 Å². The predicted molar refractivity (Wildman–Crippen MR) is 107 cm³/mol. The summed E-state index contributed by atoms with van der Waals surface area (Å²) in [5, 5.41) is 28.8. The van der Waals surface area contributed by atoms with Crippen LogP contribution in [0, 0.1) is 34.1 Å². The standard InChI is InChI=1S/C19H15N5O6/c1-11-7-8-13(10-16(11)24(29)30)20-19(26)18-17(25)9-12(2)22(21-18)14-5-3-4-6-15(14)23(27)28/h3-10H,1-2H3,(H,20,26). The molecule has 0 fully saturated rings. The number of hydrogen-bond acceptors (Lipinski definition) is 7. The minimum atomic E-state index is -0.898. The van der Waals surface area contributed by atoms with Crippen molar-refractivity contribution in [2.75, 3.05) is 5.32 Å². The fourth-order valence-electron chi connectivity index (χ4n) is 2.82. The number of carbonyl (C=O) groups excluding carboxylic acids is 1. The molecule has 0 radical (unpaired) electrons. The Labute approximate surface area is 168 Å². The van der Waals surface area contributed by atoms with Crippen LogP contribution in [0.15, 0.2) is 53.3 Å². The lowest BCUT2D eigenvalue weighted by Gasteiger charge is -2.11. The van der Waals surface area contributed by atoms with Crippen LogP contribution in [-0.4, -0.2) is 25.5 Å². The monoisotopic (exact) mass is 409 g/mol. The van der Waals surface area contributed by atoms with Gasteiger partial charge in [0.1, 0.15) is 5.69 Å². The summed E-state index contributed by atoms with van der Waals surface area (Å²) in [6.45, 7) is 3.08. The molecule has 0 saturated heterocycles. The number of carbonyl (C=O) groups is 1. The van der Waals surface area contributed by atoms with E-state index in [2.05, 4.69) is 10.4 Å². The van der Waals surface area contributed by atoms with E-state index in [9.17, 15) is 29.8 Å². The number of nitro benzene ring substituents is 2. The Kier molecular flexibility index (Phi) is 5.36. The summed E-state index contributed by atoms with van der Waals surface area (Å²) in [5.41, 5.74) is -0.763. The van der Waals surface area contributed by atoms with Crippen LogP contribution in [0.1, 0.15) is 21.7 Å². The summed E-state index contributed by atoms with van der Waals surface area (Å²) in [7, 11) is 0. The highest BCUT2D eigenvalue weighted by Crippen LogP contribution is 2.24. The van der Waals surface area contributed by atoms with Gasteiger partial charge in [0.25, 0.3) is 17.3 Å². The largest absolute Gasteiger partial charge is 0.320 e. The van der Waals surface area contributed by atoms with Crippen molar-refractivity contribution in [3.05, 3.63) is 95.9 Å². The van der Waals surface area contributed by atoms with Crippen LogP contribution in [0.5, 0.6) is 0 Å². The van der Waals surface area contributed by atoms with Gasteiger partial charge in [-0.05, 0) is 26.0 Å². The molecule has 0 spiro atoms. The van der Waals surface area contributed by atoms with Crippen molar-refractivity contribution in [3.8, 4) is 5.69 Å². The fraction of sp³-hybridized carbons (Fsp3) is 0.105. The van der Waals surface area contributed by atoms with E-state index in [1.807, 2.05) is 0 Å². The summed E-state index contributed by atoms with van der Waals surface area (Å²) >= 11 is 0. The first-order chi connectivity index (χ1) is 14.2. The van der Waals surface area contributed by atoms with Crippen LogP contribution in [0.3, 0.4) is 0 Å². The molecular formula is C19H15N5O6. The molecule has 0 aliphatic heterocycles. The van der Waals surface area contributed by atoms with E-state index < -0.39 is 26.9 Å². The Bertz CT molecular complexity index is 1250. The molecule has 0 bridgehead atoms. The quantitative estimate of drug-likeness (QED) is 0.502. The Morgan fingerprint density at radius 3 is 2.33 bits per heavy atom. The van der Waals surface area contributed by atoms with Crippen LogP contribution in [0.4, 0.5) is 17.1 Å². The van der Waals surface area contributed by atoms with Crippen molar-refractivity contribution in [2.45, 2.75) is 13.8 Å². The third-order valence-corrected chi connectivity index (χ3v) is 4.29. The van der Waals surface area contributed by atoms with Crippen LogP contribution >= 0.6 is 0 Å². The molecular weight excluding hydrogens is 394 g/mol. The molecule has 152 valence electrons. The van der Waals surface area contributed by atoms with E-state index in [0.29, 0.717) is 5.56 Å². The van der Waals surface area contributed by atoms with Gasteiger partial charge in [0.05, 0.1) is 9.85 Å². The molecule has 0 aliphatic rings. The van der Waals surface area contributed by atoms with E-state index in [-0.39, 0.29) is 28.4 Å². The van der Waals surface area contributed by atoms with Crippen molar-refractivity contribution < 1.29 is 14.6 Å².